The van der Waals surface area contributed by atoms with Crippen molar-refractivity contribution in [2.45, 2.75) is 385 Å². The number of hydrogen-bond donors (Lipinski definition) is 6. The van der Waals surface area contributed by atoms with Crippen molar-refractivity contribution in [1.82, 2.24) is 0 Å². The van der Waals surface area contributed by atoms with E-state index in [4.69, 9.17) is 31.5 Å². The predicted octanol–water partition coefficient (Wildman–Crippen LogP) is 28.6. The number of benzene rings is 3. The van der Waals surface area contributed by atoms with Gasteiger partial charge in [0.15, 0.2) is 24.9 Å². The summed E-state index contributed by atoms with van der Waals surface area (Å²) in [5.41, 5.74) is 10.0. The zero-order chi connectivity index (χ0) is 106. The van der Waals surface area contributed by atoms with Crippen LogP contribution in [0.4, 0.5) is 0 Å². The van der Waals surface area contributed by atoms with E-state index in [2.05, 4.69) is 259 Å². The van der Waals surface area contributed by atoms with E-state index in [9.17, 15) is 47.5 Å². The molecule has 31 heteroatoms. The van der Waals surface area contributed by atoms with E-state index in [1.165, 1.54) is 68.0 Å². The number of aldehydes is 1. The summed E-state index contributed by atoms with van der Waals surface area (Å²) in [4.78, 5) is 13.1. The Balaban J connectivity index is 0.000000389. The summed E-state index contributed by atoms with van der Waals surface area (Å²) in [7, 11) is -18.4. The Morgan fingerprint density at radius 2 is 0.826 bits per heavy atom. The van der Waals surface area contributed by atoms with E-state index in [0.29, 0.717) is 75.9 Å². The summed E-state index contributed by atoms with van der Waals surface area (Å²) in [6, 6.07) is 27.2. The number of carbonyl (C=O) groups excluding carboxylic acids is 1. The zero-order valence-electron chi connectivity index (χ0n) is 92.3. The van der Waals surface area contributed by atoms with E-state index < -0.39 is 91.7 Å². The van der Waals surface area contributed by atoms with E-state index in [0.717, 1.165) is 92.1 Å². The van der Waals surface area contributed by atoms with Crippen LogP contribution in [0.25, 0.3) is 0 Å². The Morgan fingerprint density at radius 3 is 1.14 bits per heavy atom. The summed E-state index contributed by atoms with van der Waals surface area (Å²) >= 11 is 7.39. The van der Waals surface area contributed by atoms with Gasteiger partial charge in [-0.3, -0.25) is 8.59 Å². The molecule has 9 fully saturated rings. The molecule has 0 aliphatic heterocycles. The van der Waals surface area contributed by atoms with Crippen molar-refractivity contribution < 1.29 is 122 Å². The summed E-state index contributed by atoms with van der Waals surface area (Å²) in [5.74, 6) is 3.76. The van der Waals surface area contributed by atoms with Gasteiger partial charge in [0.1, 0.15) is 11.8 Å². The van der Waals surface area contributed by atoms with Crippen LogP contribution in [0.1, 0.15) is 273 Å². The molecule has 3 aromatic rings. The maximum Gasteiger partial charge on any atom is 1.00 e. The number of fused-ring (bicyclic) bond motifs is 3. The fraction of sp³-hybridized carbons (Fsp3) is 0.637. The number of nitrogens with one attached hydrogen (secondary N) is 2. The molecule has 9 saturated carbocycles. The molecule has 9 aliphatic rings. The first-order valence-electron chi connectivity index (χ1n) is 51.6. The van der Waals surface area contributed by atoms with Gasteiger partial charge in [0.25, 0.3) is 0 Å². The van der Waals surface area contributed by atoms with Gasteiger partial charge in [0.2, 0.25) is 0 Å². The molecule has 0 radical (unpaired) electrons. The minimum atomic E-state index is -3.49. The molecular weight excluding hydrogens is 2370 g/mol. The van der Waals surface area contributed by atoms with Crippen molar-refractivity contribution in [3.8, 4) is 0 Å². The topological polar surface area (TPSA) is 286 Å². The van der Waals surface area contributed by atoms with E-state index in [1.807, 2.05) is 66.7 Å². The summed E-state index contributed by atoms with van der Waals surface area (Å²) < 4.78 is 99.4. The third-order valence-electron chi connectivity index (χ3n) is 33.1. The first kappa shape index (κ1) is 136. The Hall–Kier alpha value is -0.0486. The molecule has 0 heterocycles. The number of aliphatic hydroxyl groups is 4. The summed E-state index contributed by atoms with van der Waals surface area (Å²) in [6.07, 6.45) is 37.7. The van der Waals surface area contributed by atoms with Gasteiger partial charge < -0.3 is 48.2 Å². The molecule has 144 heavy (non-hydrogen) atoms. The molecule has 0 amide bonds. The molecule has 17 nitrogen and oxygen atoms in total. The third-order valence-corrected chi connectivity index (χ3v) is 56.8. The van der Waals surface area contributed by atoms with Crippen molar-refractivity contribution in [2.24, 2.45) is 73.5 Å². The molecule has 0 bridgehead atoms. The molecule has 808 valence electrons. The van der Waals surface area contributed by atoms with Gasteiger partial charge in [-0.25, -0.2) is 22.2 Å². The fourth-order valence-corrected chi connectivity index (χ4v) is 37.0. The molecule has 3 aromatic carbocycles. The second-order valence-electron chi connectivity index (χ2n) is 47.6. The average molecular weight is 2550 g/mol. The van der Waals surface area contributed by atoms with Crippen LogP contribution in [0.5, 0.6) is 0 Å². The molecule has 12 rings (SSSR count). The minimum absolute atomic E-state index is 0. The van der Waals surface area contributed by atoms with Crippen molar-refractivity contribution in [3.05, 3.63) is 220 Å². The van der Waals surface area contributed by atoms with Crippen LogP contribution < -0.4 is 56.5 Å². The van der Waals surface area contributed by atoms with Gasteiger partial charge in [-0.1, -0.05) is 264 Å². The number of rotatable bonds is 25. The van der Waals surface area contributed by atoms with Crippen LogP contribution in [0.15, 0.2) is 239 Å². The van der Waals surface area contributed by atoms with Crippen LogP contribution in [0, 0.1) is 79.1 Å². The van der Waals surface area contributed by atoms with Crippen molar-refractivity contribution >= 4 is 155 Å². The van der Waals surface area contributed by atoms with Crippen LogP contribution in [-0.4, -0.2) is 125 Å². The van der Waals surface area contributed by atoms with Gasteiger partial charge in [-0.05, 0) is 317 Å². The predicted molar refractivity (Wildman–Crippen MR) is 640 cm³/mol. The van der Waals surface area contributed by atoms with Gasteiger partial charge in [-0.15, -0.1) is 5.60 Å². The smallest absolute Gasteiger partial charge is 1.00 e. The van der Waals surface area contributed by atoms with Crippen LogP contribution >= 0.6 is 94.5 Å². The van der Waals surface area contributed by atoms with E-state index >= 15 is 0 Å². The number of hydrogen-bond acceptors (Lipinski definition) is 17. The van der Waals surface area contributed by atoms with Gasteiger partial charge in [0, 0.05) is 40.9 Å². The molecule has 0 spiro atoms. The molecular formula is C113H183I3KN3O14PS5Si3V. The van der Waals surface area contributed by atoms with E-state index in [1.54, 1.807) is 87.4 Å². The average Bonchev–Trinajstić information content (AvgIpc) is 1.59. The Bertz CT molecular complexity index is 5200. The summed E-state index contributed by atoms with van der Waals surface area (Å²) in [5, 5.41) is 54.1. The maximum atomic E-state index is 14.0. The second kappa shape index (κ2) is 57.9. The molecule has 21 atom stereocenters. The number of aliphatic hydroxyl groups excluding tert-OH is 4. The quantitative estimate of drug-likeness (QED) is 0.0199. The number of carbonyl (C=O) groups is 1. The van der Waals surface area contributed by atoms with Crippen LogP contribution in [-0.2, 0) is 61.4 Å². The number of halogens is 3. The van der Waals surface area contributed by atoms with E-state index in [-0.39, 0.29) is 163 Å². The maximum absolute atomic E-state index is 14.0. The standard InChI is InChI=1S/C34H60O3Si2.2C29H39NO3S.C17H32NO4PSSi.C4H9O.3HI.K.2H2S.V/c1-24(23-35)29-18-19-30-26(15-14-20-34(29,30)9)16-17-27-21-28(36-38(10,11)32(3,4)5)22-31(25(27)2)37-39(12,13)33(6,7)8;2*1-20(15-17-34(30,33)25-9-5-4-6-10-25)26-13-14-27-22(8-7-16-29(26,27)3)11-12-23-18-24(31)19-28(32)21(23)2;1-8-21-23(19,22-9-2)15-24(20,16-13-11-10-12-14-16)18-25(6,7)17(3,4)5;1-4(2,3)5;;;;;;;/h16-17,23-24,28-31H,2,14-15,18-22H2,1,3-13H3;2*4-6,9-12,15,17,20,24,26-28,30-32H,2,7-8,13-14,16,18-19H2,1,3H3;10-14H,8-9,15H2,1-7H3;1-3H3;3*1H;;2*1H2;/q;;;;-1;;;;+1;;;+3/p-3/b26-16+,27-17-;2*17-15+,22-11+,23-12-;;;;;;;;;/t24-,28-,29-,30+,31+,34-;20-,24+,26+,27-,28-,29+,34?;20-,24-,26-,27+,28+,29-,34?;;;;;;;;;/m101........./s1. The first-order valence-corrected chi connectivity index (χ1v) is 80.5. The SMILES string of the molecule is C=C1/C(=C\C=C2/CCC[C@]3(C)[C@@H]([C@@H](C)/C=C/S(=N)(=O)c4ccccc4)CC[C@@H]23)C[C@@H](O)C[C@@H]1O.C=C1/C(=C\C=C2/CCC[C@]3(C)[C@@H]([C@H](C)/C=C/S(=N)(=O)c4ccccc4)CC[C@@H]23)C[C@@H](O)C[C@@H]1O.C=C1/C(=C\C=C2/CCC[C@]3(C)[C@@H]([C@H](C)C=O)CC[C@@H]23)C[C@@H](O[Si](C)(C)C(C)(C)C)C[C@@H]1O[Si](C)(C)C(C)(C)C.CC(C)(C)[O-].CCOP(=O)(CS(=O)(=N[Si](C)(C)C(C)(C)C)c1ccccc1)OCC.S.S.[I][V]([I])[I].[K+]. The van der Waals surface area contributed by atoms with Crippen molar-refractivity contribution in [1.29, 1.82) is 9.56 Å². The molecule has 3 unspecified atom stereocenters. The molecule has 9 aliphatic carbocycles. The normalized spacial score (nSPS) is 30.1. The van der Waals surface area contributed by atoms with Crippen LogP contribution in [0.2, 0.25) is 54.4 Å². The molecule has 0 aromatic heterocycles. The minimum Gasteiger partial charge on any atom is 1.00 e. The molecule has 6 N–H and O–H groups in total. The second-order valence-corrected chi connectivity index (χ2v) is 106. The Labute approximate surface area is 971 Å². The number of allylic oxidation sites excluding steroid dienone is 11. The number of nitrogens with zero attached hydrogens (tertiary/aromatic N) is 1. The first-order chi connectivity index (χ1) is 65.1. The van der Waals surface area contributed by atoms with Gasteiger partial charge in [0.05, 0.1) is 88.8 Å². The largest absolute Gasteiger partial charge is 1.00 e. The zero-order valence-corrected chi connectivity index (χ0v) is 112. The Kier molecular flexibility index (Phi) is 54.8. The fourth-order valence-electron chi connectivity index (χ4n) is 22.4. The van der Waals surface area contributed by atoms with Gasteiger partial charge >= 0.3 is 124 Å². The monoisotopic (exact) mass is 2550 g/mol. The van der Waals surface area contributed by atoms with Crippen molar-refractivity contribution in [2.75, 3.05) is 18.7 Å². The Morgan fingerprint density at radius 1 is 0.514 bits per heavy atom. The third kappa shape index (κ3) is 38.1. The van der Waals surface area contributed by atoms with Crippen LogP contribution in [0.3, 0.4) is 0 Å². The van der Waals surface area contributed by atoms with Gasteiger partial charge in [-0.2, -0.15) is 27.0 Å². The molecule has 0 saturated heterocycles. The summed E-state index contributed by atoms with van der Waals surface area (Å²) in [6.45, 7) is 69.3. The van der Waals surface area contributed by atoms with Crippen molar-refractivity contribution in [3.63, 3.8) is 0 Å².